The Kier molecular flexibility index (Phi) is 10.3. The summed E-state index contributed by atoms with van der Waals surface area (Å²) in [5, 5.41) is 38.6. The average molecular weight is 645 g/mol. The number of nitrogens with zero attached hydrogens (tertiary/aromatic N) is 2. The second-order valence-corrected chi connectivity index (χ2v) is 18.3. The van der Waals surface area contributed by atoms with Crippen molar-refractivity contribution in [3.63, 3.8) is 0 Å². The van der Waals surface area contributed by atoms with Gasteiger partial charge in [-0.1, -0.05) is 81.1 Å². The van der Waals surface area contributed by atoms with Crippen molar-refractivity contribution in [3.8, 4) is 0 Å². The highest BCUT2D eigenvalue weighted by Gasteiger charge is 2.70. The number of nitrogens with one attached hydrogen (secondary N) is 3. The van der Waals surface area contributed by atoms with Gasteiger partial charge in [0.25, 0.3) is 0 Å². The number of hydrogen-bond donors (Lipinski definition) is 6. The van der Waals surface area contributed by atoms with Gasteiger partial charge in [0.15, 0.2) is 0 Å². The standard InChI is InChI=1S/C29H55BN5O8S/c1-27(2,3)19(16-34(9)44(10,42)43)31-26(38)33-23(28(4,5)6)25(37)35-15-18-21(29(18,7)8)22(35)24(36)32-20(30(39,40)41)14-17-12-11-13-17/h17-23,39-41H,11-16H2,1-10H3,(H,32,36)(H2,31,33,38)/q-1/t18-,19+,20-,21-,22-,23+/m0/s1. The van der Waals surface area contributed by atoms with E-state index in [1.807, 2.05) is 34.6 Å². The van der Waals surface area contributed by atoms with E-state index >= 15 is 0 Å². The zero-order chi connectivity index (χ0) is 33.8. The fourth-order valence-corrected chi connectivity index (χ4v) is 7.02. The first kappa shape index (κ1) is 36.5. The Morgan fingerprint density at radius 2 is 1.57 bits per heavy atom. The summed E-state index contributed by atoms with van der Waals surface area (Å²) in [4.78, 5) is 42.8. The van der Waals surface area contributed by atoms with Gasteiger partial charge in [0, 0.05) is 26.2 Å². The summed E-state index contributed by atoms with van der Waals surface area (Å²) in [5.74, 6) is -2.21. The minimum absolute atomic E-state index is 0.0300. The lowest BCUT2D eigenvalue weighted by Gasteiger charge is -2.41. The molecule has 0 bridgehead atoms. The van der Waals surface area contributed by atoms with E-state index in [4.69, 9.17) is 0 Å². The first-order valence-corrected chi connectivity index (χ1v) is 17.5. The number of urea groups is 1. The Balaban J connectivity index is 1.82. The molecule has 1 heterocycles. The van der Waals surface area contributed by atoms with E-state index in [0.29, 0.717) is 6.54 Å². The van der Waals surface area contributed by atoms with Crippen LogP contribution in [-0.2, 0) is 19.6 Å². The lowest BCUT2D eigenvalue weighted by atomic mass is 9.64. The molecule has 3 aliphatic rings. The van der Waals surface area contributed by atoms with E-state index in [9.17, 15) is 37.9 Å². The van der Waals surface area contributed by atoms with E-state index in [1.165, 1.54) is 11.9 Å². The molecule has 1 aliphatic heterocycles. The Hall–Kier alpha value is -1.94. The smallest absolute Gasteiger partial charge is 0.393 e. The lowest BCUT2D eigenvalue weighted by molar-refractivity contribution is -0.144. The van der Waals surface area contributed by atoms with Crippen molar-refractivity contribution in [2.24, 2.45) is 34.0 Å². The van der Waals surface area contributed by atoms with Crippen molar-refractivity contribution < 1.29 is 37.9 Å². The van der Waals surface area contributed by atoms with Gasteiger partial charge in [-0.05, 0) is 39.9 Å². The molecule has 0 radical (unpaired) electrons. The Bertz CT molecular complexity index is 1210. The van der Waals surface area contributed by atoms with Gasteiger partial charge in [-0.2, -0.15) is 0 Å². The fourth-order valence-electron chi connectivity index (χ4n) is 6.60. The summed E-state index contributed by atoms with van der Waals surface area (Å²) in [6.07, 6.45) is 4.09. The highest BCUT2D eigenvalue weighted by Crippen LogP contribution is 2.65. The Morgan fingerprint density at radius 1 is 1.00 bits per heavy atom. The highest BCUT2D eigenvalue weighted by atomic mass is 32.2. The Morgan fingerprint density at radius 3 is 2.00 bits per heavy atom. The van der Waals surface area contributed by atoms with E-state index < -0.39 is 69.5 Å². The molecule has 1 saturated heterocycles. The number of hydrogen-bond acceptors (Lipinski definition) is 8. The van der Waals surface area contributed by atoms with Crippen molar-refractivity contribution in [2.45, 2.75) is 105 Å². The quantitative estimate of drug-likeness (QED) is 0.177. The fraction of sp³-hybridized carbons (Fsp3) is 0.897. The molecule has 15 heteroatoms. The van der Waals surface area contributed by atoms with Crippen molar-refractivity contribution in [1.29, 1.82) is 0 Å². The van der Waals surface area contributed by atoms with Gasteiger partial charge >= 0.3 is 12.8 Å². The van der Waals surface area contributed by atoms with Crippen molar-refractivity contribution in [1.82, 2.24) is 25.2 Å². The first-order chi connectivity index (χ1) is 19.8. The predicted molar refractivity (Wildman–Crippen MR) is 168 cm³/mol. The van der Waals surface area contributed by atoms with Crippen LogP contribution >= 0.6 is 0 Å². The number of piperidine rings is 1. The highest BCUT2D eigenvalue weighted by molar-refractivity contribution is 7.88. The summed E-state index contributed by atoms with van der Waals surface area (Å²) in [5.41, 5.74) is -1.48. The summed E-state index contributed by atoms with van der Waals surface area (Å²) in [7, 11) is -2.06. The molecule has 0 aromatic carbocycles. The monoisotopic (exact) mass is 644 g/mol. The number of likely N-dealkylation sites (N-methyl/N-ethyl adjacent to an activating group) is 1. The number of carbonyl (C=O) groups is 3. The van der Waals surface area contributed by atoms with Gasteiger partial charge in [-0.25, -0.2) is 17.5 Å². The third-order valence-corrected chi connectivity index (χ3v) is 11.5. The number of fused-ring (bicyclic) bond motifs is 1. The van der Waals surface area contributed by atoms with E-state index in [-0.39, 0.29) is 36.1 Å². The predicted octanol–water partition coefficient (Wildman–Crippen LogP) is 0.619. The normalized spacial score (nSPS) is 25.9. The molecule has 44 heavy (non-hydrogen) atoms. The van der Waals surface area contributed by atoms with Crippen molar-refractivity contribution in [3.05, 3.63) is 0 Å². The molecule has 4 amide bonds. The molecular weight excluding hydrogens is 589 g/mol. The summed E-state index contributed by atoms with van der Waals surface area (Å²) < 4.78 is 25.3. The number of amides is 4. The molecule has 2 saturated carbocycles. The van der Waals surface area contributed by atoms with Crippen molar-refractivity contribution >= 4 is 34.6 Å². The molecule has 0 unspecified atom stereocenters. The van der Waals surface area contributed by atoms with Crippen LogP contribution in [0.25, 0.3) is 0 Å². The molecule has 0 aromatic heterocycles. The van der Waals surface area contributed by atoms with E-state index in [2.05, 4.69) is 16.0 Å². The third-order valence-electron chi connectivity index (χ3n) is 10.2. The molecule has 13 nitrogen and oxygen atoms in total. The van der Waals surface area contributed by atoms with Gasteiger partial charge in [-0.3, -0.25) is 9.59 Å². The number of rotatable bonds is 11. The molecule has 3 fully saturated rings. The molecule has 254 valence electrons. The Labute approximate surface area is 263 Å². The number of carbonyl (C=O) groups excluding carboxylic acids is 3. The summed E-state index contributed by atoms with van der Waals surface area (Å²) >= 11 is 0. The van der Waals surface area contributed by atoms with Crippen LogP contribution in [0, 0.1) is 34.0 Å². The molecule has 0 aromatic rings. The van der Waals surface area contributed by atoms with Gasteiger partial charge in [-0.15, -0.1) is 0 Å². The molecule has 2 aliphatic carbocycles. The van der Waals surface area contributed by atoms with Crippen LogP contribution in [0.2, 0.25) is 0 Å². The minimum Gasteiger partial charge on any atom is -0.558 e. The van der Waals surface area contributed by atoms with Gasteiger partial charge in [0.05, 0.1) is 6.26 Å². The largest absolute Gasteiger partial charge is 0.558 e. The van der Waals surface area contributed by atoms with Crippen LogP contribution in [0.3, 0.4) is 0 Å². The second kappa shape index (κ2) is 12.3. The SMILES string of the molecule is CN(C[C@@H](NC(=O)N[C@H](C(=O)N1C[C@H]2[C@@H]([C@H]1C(=O)N[C@@H](CC1CCC1)[B-](O)(O)O)C2(C)C)C(C)(C)C)C(C)(C)C)S(C)(=O)=O. The van der Waals surface area contributed by atoms with Gasteiger partial charge < -0.3 is 35.9 Å². The second-order valence-electron chi connectivity index (χ2n) is 16.2. The third kappa shape index (κ3) is 8.25. The number of likely N-dealkylation sites (tertiary alicyclic amines) is 1. The summed E-state index contributed by atoms with van der Waals surface area (Å²) in [6, 6.07) is -3.17. The molecule has 0 spiro atoms. The van der Waals surface area contributed by atoms with Crippen LogP contribution in [0.15, 0.2) is 0 Å². The summed E-state index contributed by atoms with van der Waals surface area (Å²) in [6.45, 7) is 11.6. The van der Waals surface area contributed by atoms with E-state index in [1.54, 1.807) is 20.8 Å². The number of sulfonamides is 1. The van der Waals surface area contributed by atoms with Gasteiger partial charge in [0.1, 0.15) is 12.1 Å². The van der Waals surface area contributed by atoms with Crippen LogP contribution in [0.1, 0.15) is 81.1 Å². The zero-order valence-corrected chi connectivity index (χ0v) is 28.9. The zero-order valence-electron chi connectivity index (χ0n) is 28.0. The average Bonchev–Trinajstić information content (AvgIpc) is 3.14. The lowest BCUT2D eigenvalue weighted by Crippen LogP contribution is -2.64. The molecular formula is C29H55BN5O8S-. The van der Waals surface area contributed by atoms with Crippen LogP contribution in [0.4, 0.5) is 4.79 Å². The molecule has 6 atom stereocenters. The molecule has 6 N–H and O–H groups in total. The topological polar surface area (TPSA) is 189 Å². The first-order valence-electron chi connectivity index (χ1n) is 15.7. The molecule has 3 rings (SSSR count). The maximum atomic E-state index is 14.2. The van der Waals surface area contributed by atoms with Crippen LogP contribution < -0.4 is 16.0 Å². The van der Waals surface area contributed by atoms with Crippen LogP contribution in [0.5, 0.6) is 0 Å². The maximum absolute atomic E-state index is 14.2. The maximum Gasteiger partial charge on any atom is 0.393 e. The minimum atomic E-state index is -3.83. The van der Waals surface area contributed by atoms with Crippen molar-refractivity contribution in [2.75, 3.05) is 26.4 Å². The van der Waals surface area contributed by atoms with Crippen LogP contribution in [-0.4, -0.2) is 108 Å². The van der Waals surface area contributed by atoms with E-state index in [0.717, 1.165) is 29.8 Å². The van der Waals surface area contributed by atoms with Gasteiger partial charge in [0.2, 0.25) is 21.8 Å².